The number of benzene rings is 1. The van der Waals surface area contributed by atoms with E-state index >= 15 is 0 Å². The number of anilines is 1. The van der Waals surface area contributed by atoms with E-state index in [1.807, 2.05) is 0 Å². The summed E-state index contributed by atoms with van der Waals surface area (Å²) in [6.45, 7) is 1.02. The number of thiazole rings is 1. The lowest BCUT2D eigenvalue weighted by Crippen LogP contribution is -2.33. The summed E-state index contributed by atoms with van der Waals surface area (Å²) in [5, 5.41) is 13.5. The smallest absolute Gasteiger partial charge is 0.332 e. The highest BCUT2D eigenvalue weighted by Crippen LogP contribution is 2.31. The Hall–Kier alpha value is -3.09. The Morgan fingerprint density at radius 2 is 2.03 bits per heavy atom. The number of carboxylic acids is 1. The normalized spacial score (nSPS) is 15.8. The van der Waals surface area contributed by atoms with Crippen LogP contribution in [-0.4, -0.2) is 49.6 Å². The fraction of sp³-hybridized carbons (Fsp3) is 0.158. The van der Waals surface area contributed by atoms with Gasteiger partial charge in [-0.2, -0.15) is 0 Å². The fourth-order valence-corrected chi connectivity index (χ4v) is 4.44. The fourth-order valence-electron chi connectivity index (χ4n) is 2.44. The Morgan fingerprint density at radius 1 is 1.32 bits per heavy atom. The largest absolute Gasteiger partial charge is 0.480 e. The molecule has 1 saturated heterocycles. The minimum atomic E-state index is -1.22. The van der Waals surface area contributed by atoms with E-state index in [-0.39, 0.29) is 15.1 Å². The van der Waals surface area contributed by atoms with Crippen molar-refractivity contribution in [3.63, 3.8) is 0 Å². The SMILES string of the molecule is CC(OC(=O)C=C1SC(=S)N(CC(=O)O)C1=O)c1csc(NC(=O)c2ccccc2)n1. The molecule has 1 aromatic heterocycles. The molecular weight excluding hydrogens is 462 g/mol. The molecular formula is C19H15N3O6S3. The first kappa shape index (κ1) is 22.6. The van der Waals surface area contributed by atoms with Crippen LogP contribution in [0.2, 0.25) is 0 Å². The number of nitrogens with zero attached hydrogens (tertiary/aromatic N) is 2. The summed E-state index contributed by atoms with van der Waals surface area (Å²) >= 11 is 6.98. The number of esters is 1. The lowest BCUT2D eigenvalue weighted by Gasteiger charge is -2.10. The van der Waals surface area contributed by atoms with Crippen molar-refractivity contribution in [2.24, 2.45) is 0 Å². The number of amides is 2. The summed E-state index contributed by atoms with van der Waals surface area (Å²) in [5.41, 5.74) is 0.910. The molecule has 2 N–H and O–H groups in total. The third-order valence-electron chi connectivity index (χ3n) is 3.90. The van der Waals surface area contributed by atoms with E-state index in [0.29, 0.717) is 16.4 Å². The first-order valence-electron chi connectivity index (χ1n) is 8.74. The van der Waals surface area contributed by atoms with Gasteiger partial charge in [-0.05, 0) is 19.1 Å². The zero-order valence-electron chi connectivity index (χ0n) is 15.9. The first-order valence-corrected chi connectivity index (χ1v) is 10.8. The number of thioether (sulfide) groups is 1. The second-order valence-electron chi connectivity index (χ2n) is 6.14. The van der Waals surface area contributed by atoms with Gasteiger partial charge in [0, 0.05) is 17.0 Å². The van der Waals surface area contributed by atoms with Gasteiger partial charge >= 0.3 is 11.9 Å². The van der Waals surface area contributed by atoms with Gasteiger partial charge in [0.2, 0.25) is 0 Å². The van der Waals surface area contributed by atoms with Crippen LogP contribution in [0.25, 0.3) is 0 Å². The Balaban J connectivity index is 1.60. The molecule has 0 aliphatic carbocycles. The van der Waals surface area contributed by atoms with Crippen molar-refractivity contribution < 1.29 is 29.0 Å². The van der Waals surface area contributed by atoms with Crippen molar-refractivity contribution in [1.82, 2.24) is 9.88 Å². The summed E-state index contributed by atoms with van der Waals surface area (Å²) < 4.78 is 5.33. The molecule has 1 unspecified atom stereocenters. The molecule has 160 valence electrons. The third kappa shape index (κ3) is 5.75. The second-order valence-corrected chi connectivity index (χ2v) is 8.67. The van der Waals surface area contributed by atoms with E-state index in [4.69, 9.17) is 22.1 Å². The molecule has 1 aliphatic heterocycles. The number of carbonyl (C=O) groups is 4. The number of hydrogen-bond donors (Lipinski definition) is 2. The van der Waals surface area contributed by atoms with Crippen LogP contribution in [0, 0.1) is 0 Å². The van der Waals surface area contributed by atoms with E-state index in [1.165, 1.54) is 11.3 Å². The highest BCUT2D eigenvalue weighted by atomic mass is 32.2. The van der Waals surface area contributed by atoms with E-state index in [0.717, 1.165) is 22.7 Å². The van der Waals surface area contributed by atoms with Crippen LogP contribution >= 0.6 is 35.3 Å². The lowest BCUT2D eigenvalue weighted by molar-refractivity contribution is -0.143. The standard InChI is InChI=1S/C19H15N3O6S3/c1-10(12-9-30-18(20-12)21-16(26)11-5-3-2-4-6-11)28-15(25)7-13-17(27)22(8-14(23)24)19(29)31-13/h2-7,9-10H,8H2,1H3,(H,23,24)(H,20,21,26). The van der Waals surface area contributed by atoms with Crippen molar-refractivity contribution in [1.29, 1.82) is 0 Å². The number of aliphatic carboxylic acids is 1. The van der Waals surface area contributed by atoms with Crippen molar-refractivity contribution in [3.8, 4) is 0 Å². The Labute approximate surface area is 190 Å². The van der Waals surface area contributed by atoms with Gasteiger partial charge in [-0.25, -0.2) is 9.78 Å². The molecule has 12 heteroatoms. The zero-order valence-corrected chi connectivity index (χ0v) is 18.4. The average Bonchev–Trinajstić information content (AvgIpc) is 3.29. The molecule has 3 rings (SSSR count). The van der Waals surface area contributed by atoms with Crippen LogP contribution in [0.15, 0.2) is 46.7 Å². The van der Waals surface area contributed by atoms with Gasteiger partial charge in [-0.1, -0.05) is 42.2 Å². The van der Waals surface area contributed by atoms with Crippen LogP contribution in [0.4, 0.5) is 5.13 Å². The first-order chi connectivity index (χ1) is 14.7. The van der Waals surface area contributed by atoms with Crippen LogP contribution in [-0.2, 0) is 19.1 Å². The van der Waals surface area contributed by atoms with Crippen LogP contribution in [0.3, 0.4) is 0 Å². The quantitative estimate of drug-likeness (QED) is 0.352. The number of ether oxygens (including phenoxy) is 1. The summed E-state index contributed by atoms with van der Waals surface area (Å²) in [6, 6.07) is 8.65. The van der Waals surface area contributed by atoms with Gasteiger partial charge in [0.15, 0.2) is 5.13 Å². The minimum absolute atomic E-state index is 0.0162. The van der Waals surface area contributed by atoms with E-state index in [1.54, 1.807) is 42.6 Å². The topological polar surface area (TPSA) is 126 Å². The maximum absolute atomic E-state index is 12.2. The molecule has 0 spiro atoms. The Bertz CT molecular complexity index is 1080. The summed E-state index contributed by atoms with van der Waals surface area (Å²) in [4.78, 5) is 52.5. The molecule has 31 heavy (non-hydrogen) atoms. The van der Waals surface area contributed by atoms with Gasteiger partial charge < -0.3 is 9.84 Å². The number of aromatic nitrogens is 1. The Kier molecular flexibility index (Phi) is 7.15. The van der Waals surface area contributed by atoms with Gasteiger partial charge in [0.25, 0.3) is 11.8 Å². The predicted octanol–water partition coefficient (Wildman–Crippen LogP) is 2.83. The molecule has 1 atom stereocenters. The van der Waals surface area contributed by atoms with E-state index in [9.17, 15) is 19.2 Å². The molecule has 0 radical (unpaired) electrons. The Morgan fingerprint density at radius 3 is 2.71 bits per heavy atom. The van der Waals surface area contributed by atoms with Gasteiger partial charge in [-0.3, -0.25) is 24.6 Å². The number of carbonyl (C=O) groups excluding carboxylic acids is 3. The highest BCUT2D eigenvalue weighted by molar-refractivity contribution is 8.26. The monoisotopic (exact) mass is 477 g/mol. The molecule has 1 aliphatic rings. The molecule has 9 nitrogen and oxygen atoms in total. The molecule has 2 amide bonds. The number of nitrogens with one attached hydrogen (secondary N) is 1. The van der Waals surface area contributed by atoms with Crippen molar-refractivity contribution in [2.75, 3.05) is 11.9 Å². The van der Waals surface area contributed by atoms with Crippen LogP contribution in [0.5, 0.6) is 0 Å². The molecule has 2 heterocycles. The maximum atomic E-state index is 12.2. The highest BCUT2D eigenvalue weighted by Gasteiger charge is 2.34. The van der Waals surface area contributed by atoms with Crippen LogP contribution in [0.1, 0.15) is 29.1 Å². The molecule has 1 aromatic carbocycles. The number of hydrogen-bond acceptors (Lipinski definition) is 9. The van der Waals surface area contributed by atoms with Gasteiger partial charge in [-0.15, -0.1) is 11.3 Å². The van der Waals surface area contributed by atoms with E-state index in [2.05, 4.69) is 10.3 Å². The van der Waals surface area contributed by atoms with Crippen molar-refractivity contribution in [2.45, 2.75) is 13.0 Å². The second kappa shape index (κ2) is 9.81. The minimum Gasteiger partial charge on any atom is -0.480 e. The zero-order chi connectivity index (χ0) is 22.5. The molecule has 1 fully saturated rings. The molecule has 0 bridgehead atoms. The predicted molar refractivity (Wildman–Crippen MR) is 119 cm³/mol. The summed E-state index contributed by atoms with van der Waals surface area (Å²) in [7, 11) is 0. The third-order valence-corrected chi connectivity index (χ3v) is 6.06. The van der Waals surface area contributed by atoms with Gasteiger partial charge in [0.05, 0.1) is 10.6 Å². The molecule has 0 saturated carbocycles. The van der Waals surface area contributed by atoms with Crippen molar-refractivity contribution >= 4 is 68.5 Å². The van der Waals surface area contributed by atoms with E-state index < -0.39 is 30.5 Å². The van der Waals surface area contributed by atoms with Crippen LogP contribution < -0.4 is 5.32 Å². The number of thiocarbonyl (C=S) groups is 1. The maximum Gasteiger partial charge on any atom is 0.332 e. The number of carboxylic acid groups (broad SMARTS) is 1. The van der Waals surface area contributed by atoms with Gasteiger partial charge in [0.1, 0.15) is 17.0 Å². The summed E-state index contributed by atoms with van der Waals surface area (Å²) in [6.07, 6.45) is 0.230. The number of rotatable bonds is 7. The van der Waals surface area contributed by atoms with Crippen molar-refractivity contribution in [3.05, 3.63) is 58.0 Å². The average molecular weight is 478 g/mol. The molecule has 2 aromatic rings. The lowest BCUT2D eigenvalue weighted by atomic mass is 10.2. The summed E-state index contributed by atoms with van der Waals surface area (Å²) in [5.74, 6) is -2.99.